The molecule has 1 aromatic carbocycles. The Morgan fingerprint density at radius 3 is 2.96 bits per heavy atom. The molecule has 0 saturated carbocycles. The molecule has 0 unspecified atom stereocenters. The van der Waals surface area contributed by atoms with Crippen molar-refractivity contribution in [3.8, 4) is 11.4 Å². The van der Waals surface area contributed by atoms with Crippen molar-refractivity contribution in [2.75, 3.05) is 19.7 Å². The van der Waals surface area contributed by atoms with Crippen LogP contribution in [0.1, 0.15) is 18.9 Å². The first-order valence-electron chi connectivity index (χ1n) is 7.77. The van der Waals surface area contributed by atoms with E-state index in [1.807, 2.05) is 31.2 Å². The van der Waals surface area contributed by atoms with E-state index >= 15 is 0 Å². The van der Waals surface area contributed by atoms with Crippen molar-refractivity contribution >= 4 is 6.09 Å². The number of rotatable bonds is 5. The second-order valence-electron chi connectivity index (χ2n) is 5.46. The van der Waals surface area contributed by atoms with Crippen LogP contribution in [-0.4, -0.2) is 46.9 Å². The maximum absolute atomic E-state index is 11.7. The van der Waals surface area contributed by atoms with E-state index in [0.717, 1.165) is 25.1 Å². The molecule has 0 radical (unpaired) electrons. The highest BCUT2D eigenvalue weighted by molar-refractivity contribution is 5.68. The fourth-order valence-corrected chi connectivity index (χ4v) is 2.64. The Kier molecular flexibility index (Phi) is 4.87. The van der Waals surface area contributed by atoms with Crippen LogP contribution in [0.5, 0.6) is 0 Å². The highest BCUT2D eigenvalue weighted by atomic mass is 16.6. The van der Waals surface area contributed by atoms with Crippen molar-refractivity contribution in [2.24, 2.45) is 0 Å². The van der Waals surface area contributed by atoms with E-state index in [-0.39, 0.29) is 6.09 Å². The largest absolute Gasteiger partial charge is 0.450 e. The molecule has 122 valence electrons. The Bertz CT molecular complexity index is 627. The van der Waals surface area contributed by atoms with E-state index in [9.17, 15) is 4.79 Å². The molecule has 1 saturated heterocycles. The lowest BCUT2D eigenvalue weighted by atomic mass is 10.1. The number of benzene rings is 1. The van der Waals surface area contributed by atoms with Gasteiger partial charge in [-0.25, -0.2) is 4.79 Å². The number of amides is 1. The van der Waals surface area contributed by atoms with Crippen LogP contribution in [0.2, 0.25) is 0 Å². The van der Waals surface area contributed by atoms with Gasteiger partial charge in [0.2, 0.25) is 12.2 Å². The van der Waals surface area contributed by atoms with Crippen LogP contribution in [0, 0.1) is 0 Å². The molecule has 1 aliphatic rings. The number of nitrogens with zero attached hydrogens (tertiary/aromatic N) is 3. The number of hydrogen-bond acceptors (Lipinski definition) is 6. The van der Waals surface area contributed by atoms with Gasteiger partial charge in [-0.3, -0.25) is 0 Å². The molecule has 23 heavy (non-hydrogen) atoms. The molecule has 1 N–H and O–H groups in total. The zero-order valence-corrected chi connectivity index (χ0v) is 13.1. The van der Waals surface area contributed by atoms with Gasteiger partial charge in [0.15, 0.2) is 0 Å². The van der Waals surface area contributed by atoms with Gasteiger partial charge in [-0.1, -0.05) is 29.4 Å². The van der Waals surface area contributed by atoms with E-state index < -0.39 is 0 Å². The molecule has 2 heterocycles. The van der Waals surface area contributed by atoms with E-state index in [0.29, 0.717) is 25.0 Å². The molecule has 1 fully saturated rings. The first-order valence-corrected chi connectivity index (χ1v) is 7.77. The summed E-state index contributed by atoms with van der Waals surface area (Å²) in [6.07, 6.45) is 2.04. The molecular weight excluding hydrogens is 296 g/mol. The van der Waals surface area contributed by atoms with Crippen LogP contribution < -0.4 is 5.32 Å². The normalized spacial score (nSPS) is 17.4. The van der Waals surface area contributed by atoms with Gasteiger partial charge in [0.25, 0.3) is 0 Å². The van der Waals surface area contributed by atoms with Crippen LogP contribution in [-0.2, 0) is 11.3 Å². The summed E-state index contributed by atoms with van der Waals surface area (Å²) < 4.78 is 9.77. The van der Waals surface area contributed by atoms with Crippen molar-refractivity contribution in [2.45, 2.75) is 25.9 Å². The third kappa shape index (κ3) is 3.87. The van der Waals surface area contributed by atoms with Gasteiger partial charge in [0.1, 0.15) is 0 Å². The minimum atomic E-state index is -0.221. The van der Waals surface area contributed by atoms with Gasteiger partial charge in [-0.2, -0.15) is 4.98 Å². The van der Waals surface area contributed by atoms with Gasteiger partial charge >= 0.3 is 6.09 Å². The quantitative estimate of drug-likeness (QED) is 0.909. The minimum Gasteiger partial charge on any atom is -0.450 e. The van der Waals surface area contributed by atoms with Crippen molar-refractivity contribution in [1.82, 2.24) is 20.4 Å². The molecule has 3 rings (SSSR count). The number of carbonyl (C=O) groups is 1. The average Bonchev–Trinajstić information content (AvgIpc) is 3.25. The van der Waals surface area contributed by atoms with E-state index in [2.05, 4.69) is 15.5 Å². The molecular formula is C16H20N4O3. The van der Waals surface area contributed by atoms with E-state index in [1.165, 1.54) is 12.0 Å². The van der Waals surface area contributed by atoms with Crippen LogP contribution in [0.25, 0.3) is 11.4 Å². The monoisotopic (exact) mass is 316 g/mol. The minimum absolute atomic E-state index is 0.221. The second kappa shape index (κ2) is 7.23. The standard InChI is InChI=1S/C16H20N4O3/c1-2-22-16(21)20-8-7-14(10-20)17-9-12-3-5-13(6-4-12)15-18-11-23-19-15/h3-6,11,14,17H,2,7-10H2,1H3/t14-/m0/s1. The number of carbonyl (C=O) groups excluding carboxylic acids is 1. The van der Waals surface area contributed by atoms with Gasteiger partial charge in [0.05, 0.1) is 6.61 Å². The molecule has 1 aliphatic heterocycles. The Hall–Kier alpha value is -2.41. The fourth-order valence-electron chi connectivity index (χ4n) is 2.64. The van der Waals surface area contributed by atoms with Crippen molar-refractivity contribution in [3.05, 3.63) is 36.2 Å². The van der Waals surface area contributed by atoms with Gasteiger partial charge in [-0.05, 0) is 18.9 Å². The SMILES string of the molecule is CCOC(=O)N1CC[C@H](NCc2ccc(-c3ncon3)cc2)C1. The summed E-state index contributed by atoms with van der Waals surface area (Å²) in [6.45, 7) is 4.43. The Morgan fingerprint density at radius 1 is 1.43 bits per heavy atom. The summed E-state index contributed by atoms with van der Waals surface area (Å²) in [6, 6.07) is 8.33. The summed E-state index contributed by atoms with van der Waals surface area (Å²) in [7, 11) is 0. The molecule has 0 spiro atoms. The third-order valence-corrected chi connectivity index (χ3v) is 3.88. The first-order chi connectivity index (χ1) is 11.3. The molecule has 0 aliphatic carbocycles. The van der Waals surface area contributed by atoms with Crippen molar-refractivity contribution < 1.29 is 14.1 Å². The summed E-state index contributed by atoms with van der Waals surface area (Å²) >= 11 is 0. The summed E-state index contributed by atoms with van der Waals surface area (Å²) in [5.74, 6) is 0.588. The lowest BCUT2D eigenvalue weighted by Gasteiger charge is -2.16. The summed E-state index contributed by atoms with van der Waals surface area (Å²) in [5.41, 5.74) is 2.10. The Labute approximate surface area is 134 Å². The zero-order chi connectivity index (χ0) is 16.1. The summed E-state index contributed by atoms with van der Waals surface area (Å²) in [5, 5.41) is 7.29. The molecule has 1 amide bonds. The number of aromatic nitrogens is 2. The predicted molar refractivity (Wildman–Crippen MR) is 83.6 cm³/mol. The molecule has 7 heteroatoms. The number of nitrogens with one attached hydrogen (secondary N) is 1. The van der Waals surface area contributed by atoms with Crippen LogP contribution in [0.3, 0.4) is 0 Å². The van der Waals surface area contributed by atoms with Gasteiger partial charge in [-0.15, -0.1) is 0 Å². The smallest absolute Gasteiger partial charge is 0.409 e. The van der Waals surface area contributed by atoms with Crippen LogP contribution in [0.15, 0.2) is 35.2 Å². The lowest BCUT2D eigenvalue weighted by Crippen LogP contribution is -2.35. The van der Waals surface area contributed by atoms with Crippen LogP contribution in [0.4, 0.5) is 4.79 Å². The fraction of sp³-hybridized carbons (Fsp3) is 0.438. The molecule has 7 nitrogen and oxygen atoms in total. The zero-order valence-electron chi connectivity index (χ0n) is 13.1. The number of ether oxygens (including phenoxy) is 1. The average molecular weight is 316 g/mol. The first kappa shape index (κ1) is 15.5. The summed E-state index contributed by atoms with van der Waals surface area (Å²) in [4.78, 5) is 17.4. The predicted octanol–water partition coefficient (Wildman–Crippen LogP) is 2.06. The number of likely N-dealkylation sites (tertiary alicyclic amines) is 1. The Morgan fingerprint density at radius 2 is 2.26 bits per heavy atom. The molecule has 0 bridgehead atoms. The van der Waals surface area contributed by atoms with Crippen molar-refractivity contribution in [1.29, 1.82) is 0 Å². The van der Waals surface area contributed by atoms with Crippen molar-refractivity contribution in [3.63, 3.8) is 0 Å². The van der Waals surface area contributed by atoms with Crippen LogP contribution >= 0.6 is 0 Å². The van der Waals surface area contributed by atoms with Gasteiger partial charge < -0.3 is 19.5 Å². The highest BCUT2D eigenvalue weighted by Gasteiger charge is 2.26. The third-order valence-electron chi connectivity index (χ3n) is 3.88. The number of hydrogen-bond donors (Lipinski definition) is 1. The van der Waals surface area contributed by atoms with E-state index in [1.54, 1.807) is 4.90 Å². The Balaban J connectivity index is 1.48. The van der Waals surface area contributed by atoms with E-state index in [4.69, 9.17) is 9.26 Å². The maximum Gasteiger partial charge on any atom is 0.409 e. The topological polar surface area (TPSA) is 80.5 Å². The lowest BCUT2D eigenvalue weighted by molar-refractivity contribution is 0.115. The second-order valence-corrected chi connectivity index (χ2v) is 5.46. The van der Waals surface area contributed by atoms with Gasteiger partial charge in [0, 0.05) is 31.2 Å². The molecule has 2 aromatic rings. The molecule has 1 aromatic heterocycles. The molecule has 1 atom stereocenters. The highest BCUT2D eigenvalue weighted by Crippen LogP contribution is 2.16. The maximum atomic E-state index is 11.7.